The number of aryl methyl sites for hydroxylation is 1. The van der Waals surface area contributed by atoms with Crippen molar-refractivity contribution < 1.29 is 53.4 Å². The van der Waals surface area contributed by atoms with Crippen LogP contribution in [0.25, 0.3) is 0 Å². The quantitative estimate of drug-likeness (QED) is 0.329. The molecule has 2 aliphatic carbocycles. The van der Waals surface area contributed by atoms with Crippen molar-refractivity contribution in [1.82, 2.24) is 0 Å². The maximum atomic E-state index is 14.7. The van der Waals surface area contributed by atoms with Crippen molar-refractivity contribution in [3.63, 3.8) is 0 Å². The lowest BCUT2D eigenvalue weighted by Crippen LogP contribution is -2.45. The largest absolute Gasteiger partial charge is 0.426 e. The van der Waals surface area contributed by atoms with E-state index < -0.39 is 74.1 Å². The fourth-order valence-corrected chi connectivity index (χ4v) is 8.55. The van der Waals surface area contributed by atoms with Crippen LogP contribution in [0.2, 0.25) is 0 Å². The summed E-state index contributed by atoms with van der Waals surface area (Å²) in [5.74, 6) is -4.11. The van der Waals surface area contributed by atoms with Crippen LogP contribution in [-0.4, -0.2) is 37.8 Å². The number of aliphatic hydroxyl groups excluding tert-OH is 1. The predicted octanol–water partition coefficient (Wildman–Crippen LogP) is 6.10. The first-order chi connectivity index (χ1) is 17.8. The average molecular weight is 585 g/mol. The molecule has 0 spiro atoms. The Bertz CT molecular complexity index is 1370. The smallest absolute Gasteiger partial charge is 0.377 e. The van der Waals surface area contributed by atoms with E-state index >= 15 is 0 Å². The molecule has 0 bridgehead atoms. The third kappa shape index (κ3) is 4.75. The van der Waals surface area contributed by atoms with Crippen LogP contribution < -0.4 is 0 Å². The molecule has 214 valence electrons. The summed E-state index contributed by atoms with van der Waals surface area (Å²) < 4.78 is 134. The SMILES string of the molecule is CC(F)(c1ccc2c(c1)CC[C@H]1[C@H](CC(=O)[C@H](O)C(F)(F)F)CC[C@@]21S(=O)(=O)c1ccc(F)cc1)C(F)(F)F. The second kappa shape index (κ2) is 9.53. The number of fused-ring (bicyclic) bond motifs is 3. The second-order valence-electron chi connectivity index (χ2n) is 10.3. The van der Waals surface area contributed by atoms with Gasteiger partial charge in [0.2, 0.25) is 11.8 Å². The van der Waals surface area contributed by atoms with E-state index in [1.54, 1.807) is 0 Å². The highest BCUT2D eigenvalue weighted by Gasteiger charge is 2.61. The summed E-state index contributed by atoms with van der Waals surface area (Å²) in [5.41, 5.74) is -4.28. The molecule has 0 aromatic heterocycles. The van der Waals surface area contributed by atoms with Gasteiger partial charge in [0.15, 0.2) is 15.6 Å². The van der Waals surface area contributed by atoms with Crippen LogP contribution in [0, 0.1) is 17.7 Å². The van der Waals surface area contributed by atoms with Gasteiger partial charge in [0.05, 0.1) is 4.90 Å². The minimum absolute atomic E-state index is 0.0189. The number of aliphatic hydroxyl groups is 1. The summed E-state index contributed by atoms with van der Waals surface area (Å²) in [6.45, 7) is 0.342. The number of ketones is 1. The highest BCUT2D eigenvalue weighted by Crippen LogP contribution is 2.60. The molecule has 0 heterocycles. The van der Waals surface area contributed by atoms with Gasteiger partial charge in [-0.15, -0.1) is 0 Å². The van der Waals surface area contributed by atoms with Crippen LogP contribution in [0.15, 0.2) is 47.4 Å². The molecule has 1 N–H and O–H groups in total. The van der Waals surface area contributed by atoms with Gasteiger partial charge in [0, 0.05) is 6.42 Å². The molecule has 4 rings (SSSR count). The molecule has 4 nitrogen and oxygen atoms in total. The van der Waals surface area contributed by atoms with E-state index in [4.69, 9.17) is 0 Å². The molecule has 0 amide bonds. The number of alkyl halides is 7. The Labute approximate surface area is 218 Å². The summed E-state index contributed by atoms with van der Waals surface area (Å²) >= 11 is 0. The zero-order chi connectivity index (χ0) is 29.2. The summed E-state index contributed by atoms with van der Waals surface area (Å²) in [7, 11) is -4.46. The highest BCUT2D eigenvalue weighted by molar-refractivity contribution is 7.92. The maximum absolute atomic E-state index is 14.7. The summed E-state index contributed by atoms with van der Waals surface area (Å²) in [5, 5.41) is 9.41. The number of hydrogen-bond donors (Lipinski definition) is 1. The van der Waals surface area contributed by atoms with Crippen LogP contribution in [0.5, 0.6) is 0 Å². The van der Waals surface area contributed by atoms with E-state index in [0.29, 0.717) is 6.92 Å². The summed E-state index contributed by atoms with van der Waals surface area (Å²) in [4.78, 5) is 11.9. The topological polar surface area (TPSA) is 71.4 Å². The first-order valence-corrected chi connectivity index (χ1v) is 13.5. The number of benzene rings is 2. The van der Waals surface area contributed by atoms with Crippen molar-refractivity contribution in [2.45, 2.75) is 72.8 Å². The Kier molecular flexibility index (Phi) is 7.20. The third-order valence-corrected chi connectivity index (χ3v) is 10.7. The number of halogens is 8. The monoisotopic (exact) mass is 584 g/mol. The fraction of sp³-hybridized carbons (Fsp3) is 0.500. The van der Waals surface area contributed by atoms with Crippen molar-refractivity contribution in [2.75, 3.05) is 0 Å². The molecule has 13 heteroatoms. The van der Waals surface area contributed by atoms with Crippen LogP contribution in [0.1, 0.15) is 49.3 Å². The molecule has 2 aromatic carbocycles. The van der Waals surface area contributed by atoms with E-state index in [9.17, 15) is 53.4 Å². The first-order valence-electron chi connectivity index (χ1n) is 12.0. The van der Waals surface area contributed by atoms with Crippen molar-refractivity contribution in [1.29, 1.82) is 0 Å². The normalized spacial score (nSPS) is 25.9. The number of sulfone groups is 1. The van der Waals surface area contributed by atoms with Crippen LogP contribution in [-0.2, 0) is 31.5 Å². The Morgan fingerprint density at radius 1 is 1.03 bits per heavy atom. The van der Waals surface area contributed by atoms with E-state index in [1.165, 1.54) is 0 Å². The van der Waals surface area contributed by atoms with Gasteiger partial charge in [-0.1, -0.05) is 18.2 Å². The van der Waals surface area contributed by atoms with E-state index in [-0.39, 0.29) is 41.7 Å². The van der Waals surface area contributed by atoms with Gasteiger partial charge in [0.25, 0.3) is 0 Å². The molecule has 0 aliphatic heterocycles. The zero-order valence-corrected chi connectivity index (χ0v) is 21.2. The van der Waals surface area contributed by atoms with Crippen LogP contribution in [0.4, 0.5) is 35.1 Å². The van der Waals surface area contributed by atoms with Gasteiger partial charge in [-0.25, -0.2) is 17.2 Å². The molecule has 0 radical (unpaired) electrons. The number of carbonyl (C=O) groups is 1. The van der Waals surface area contributed by atoms with Gasteiger partial charge >= 0.3 is 12.4 Å². The van der Waals surface area contributed by atoms with Gasteiger partial charge in [0.1, 0.15) is 10.6 Å². The van der Waals surface area contributed by atoms with Gasteiger partial charge < -0.3 is 5.11 Å². The lowest BCUT2D eigenvalue weighted by molar-refractivity contribution is -0.228. The predicted molar refractivity (Wildman–Crippen MR) is 122 cm³/mol. The Balaban J connectivity index is 1.85. The number of rotatable bonds is 6. The molecule has 0 saturated heterocycles. The Hall–Kier alpha value is -2.54. The molecule has 1 fully saturated rings. The molecule has 2 aliphatic rings. The number of Topliss-reactive ketones (excluding diaryl/α,β-unsaturated/α-hetero) is 1. The van der Waals surface area contributed by atoms with E-state index in [1.807, 2.05) is 0 Å². The lowest BCUT2D eigenvalue weighted by Gasteiger charge is -2.43. The van der Waals surface area contributed by atoms with Crippen molar-refractivity contribution in [3.8, 4) is 0 Å². The molecular formula is C26H24F8O4S. The molecule has 39 heavy (non-hydrogen) atoms. The van der Waals surface area contributed by atoms with Gasteiger partial charge in [-0.3, -0.25) is 4.79 Å². The van der Waals surface area contributed by atoms with Crippen molar-refractivity contribution >= 4 is 15.6 Å². The minimum Gasteiger partial charge on any atom is -0.377 e. The van der Waals surface area contributed by atoms with Gasteiger partial charge in [-0.2, -0.15) is 26.3 Å². The maximum Gasteiger partial charge on any atom is 0.426 e. The summed E-state index contributed by atoms with van der Waals surface area (Å²) in [6, 6.07) is 6.70. The zero-order valence-electron chi connectivity index (χ0n) is 20.4. The molecule has 5 atom stereocenters. The Morgan fingerprint density at radius 2 is 1.64 bits per heavy atom. The van der Waals surface area contributed by atoms with Crippen LogP contribution >= 0.6 is 0 Å². The molecule has 2 aromatic rings. The standard InChI is InChI=1S/C26H24F8O4S/c1-23(28,26(32,33)34)16-3-9-20-14(12-16)2-8-19-15(13-21(35)22(36)25(29,30)31)10-11-24(19,20)39(37,38)18-6-4-17(27)5-7-18/h3-7,9,12,15,19,22,36H,2,8,10-11,13H2,1H3/t15-,19-,22-,23?,24-/m0/s1. The van der Waals surface area contributed by atoms with E-state index in [0.717, 1.165) is 42.5 Å². The summed E-state index contributed by atoms with van der Waals surface area (Å²) in [6.07, 6.45) is -14.8. The number of carbonyl (C=O) groups excluding carboxylic acids is 1. The van der Waals surface area contributed by atoms with Crippen molar-refractivity contribution in [2.24, 2.45) is 11.8 Å². The van der Waals surface area contributed by atoms with E-state index in [2.05, 4.69) is 0 Å². The lowest BCUT2D eigenvalue weighted by atomic mass is 9.71. The third-order valence-electron chi connectivity index (χ3n) is 8.10. The second-order valence-corrected chi connectivity index (χ2v) is 12.5. The number of hydrogen-bond acceptors (Lipinski definition) is 4. The molecular weight excluding hydrogens is 560 g/mol. The van der Waals surface area contributed by atoms with Gasteiger partial charge in [-0.05, 0) is 85.4 Å². The first kappa shape index (κ1) is 29.4. The highest BCUT2D eigenvalue weighted by atomic mass is 32.2. The Morgan fingerprint density at radius 3 is 2.21 bits per heavy atom. The minimum atomic E-state index is -5.26. The average Bonchev–Trinajstić information content (AvgIpc) is 3.22. The van der Waals surface area contributed by atoms with Crippen LogP contribution in [0.3, 0.4) is 0 Å². The van der Waals surface area contributed by atoms with Crippen molar-refractivity contribution in [3.05, 3.63) is 65.0 Å². The molecule has 1 saturated carbocycles. The molecule has 1 unspecified atom stereocenters. The fourth-order valence-electron chi connectivity index (χ4n) is 6.05.